The Morgan fingerprint density at radius 1 is 1.07 bits per heavy atom. The Kier molecular flexibility index (Phi) is 5.12. The van der Waals surface area contributed by atoms with Crippen molar-refractivity contribution in [3.63, 3.8) is 0 Å². The monoisotopic (exact) mass is 394 g/mol. The lowest BCUT2D eigenvalue weighted by Crippen LogP contribution is -2.35. The van der Waals surface area contributed by atoms with Gasteiger partial charge in [0.05, 0.1) is 20.8 Å². The molecule has 0 unspecified atom stereocenters. The second-order valence-corrected chi connectivity index (χ2v) is 6.89. The minimum absolute atomic E-state index is 0.117. The quantitative estimate of drug-likeness (QED) is 0.665. The molecule has 1 amide bonds. The Hall–Kier alpha value is -3.48. The molecule has 150 valence electrons. The molecular weight excluding hydrogens is 372 g/mol. The molecule has 0 atom stereocenters. The Balaban J connectivity index is 1.51. The molecule has 0 radical (unpaired) electrons. The van der Waals surface area contributed by atoms with E-state index in [1.54, 1.807) is 49.6 Å². The molecule has 7 heteroatoms. The predicted molar refractivity (Wildman–Crippen MR) is 107 cm³/mol. The molecule has 0 N–H and O–H groups in total. The molecule has 3 heterocycles. The van der Waals surface area contributed by atoms with Crippen LogP contribution in [0.15, 0.2) is 57.9 Å². The van der Waals surface area contributed by atoms with Crippen LogP contribution in [0, 0.1) is 0 Å². The number of carbonyl (C=O) groups is 1. The normalized spacial score (nSPS) is 13.1. The van der Waals surface area contributed by atoms with Gasteiger partial charge in [0, 0.05) is 25.4 Å². The van der Waals surface area contributed by atoms with Crippen LogP contribution < -0.4 is 15.0 Å². The summed E-state index contributed by atoms with van der Waals surface area (Å²) >= 11 is 0. The second-order valence-electron chi connectivity index (χ2n) is 6.89. The minimum Gasteiger partial charge on any atom is -0.493 e. The number of hydrogen-bond acceptors (Lipinski definition) is 5. The van der Waals surface area contributed by atoms with E-state index >= 15 is 0 Å². The lowest BCUT2D eigenvalue weighted by Gasteiger charge is -2.29. The molecule has 0 spiro atoms. The van der Waals surface area contributed by atoms with Crippen LogP contribution in [0.2, 0.25) is 0 Å². The summed E-state index contributed by atoms with van der Waals surface area (Å²) in [6.07, 6.45) is 2.42. The van der Waals surface area contributed by atoms with E-state index in [0.29, 0.717) is 30.3 Å². The number of pyridine rings is 1. The van der Waals surface area contributed by atoms with E-state index in [2.05, 4.69) is 0 Å². The van der Waals surface area contributed by atoms with Crippen LogP contribution in [-0.2, 0) is 19.5 Å². The van der Waals surface area contributed by atoms with Gasteiger partial charge in [-0.15, -0.1) is 0 Å². The van der Waals surface area contributed by atoms with Gasteiger partial charge in [-0.3, -0.25) is 9.59 Å². The first kappa shape index (κ1) is 18.9. The highest BCUT2D eigenvalue weighted by atomic mass is 16.5. The van der Waals surface area contributed by atoms with Gasteiger partial charge in [0.25, 0.3) is 11.5 Å². The smallest absolute Gasteiger partial charge is 0.289 e. The van der Waals surface area contributed by atoms with Crippen LogP contribution in [0.25, 0.3) is 0 Å². The lowest BCUT2D eigenvalue weighted by molar-refractivity contribution is 0.0700. The van der Waals surface area contributed by atoms with Gasteiger partial charge in [0.2, 0.25) is 0 Å². The first-order valence-electron chi connectivity index (χ1n) is 9.36. The number of furan rings is 1. The molecule has 2 aromatic heterocycles. The molecule has 0 saturated heterocycles. The fourth-order valence-corrected chi connectivity index (χ4v) is 3.55. The maximum absolute atomic E-state index is 12.9. The molecule has 1 aromatic carbocycles. The molecule has 0 fully saturated rings. The van der Waals surface area contributed by atoms with Crippen molar-refractivity contribution in [1.82, 2.24) is 9.47 Å². The van der Waals surface area contributed by atoms with Crippen LogP contribution in [0.5, 0.6) is 11.5 Å². The third-order valence-corrected chi connectivity index (χ3v) is 5.10. The summed E-state index contributed by atoms with van der Waals surface area (Å²) in [4.78, 5) is 26.5. The first-order valence-corrected chi connectivity index (χ1v) is 9.36. The summed E-state index contributed by atoms with van der Waals surface area (Å²) in [6, 6.07) is 12.2. The van der Waals surface area contributed by atoms with Gasteiger partial charge >= 0.3 is 0 Å². The number of rotatable bonds is 5. The minimum atomic E-state index is -0.169. The maximum atomic E-state index is 12.9. The number of aromatic nitrogens is 1. The summed E-state index contributed by atoms with van der Waals surface area (Å²) in [5, 5.41) is 0. The predicted octanol–water partition coefficient (Wildman–Crippen LogP) is 2.71. The molecular formula is C22H22N2O5. The van der Waals surface area contributed by atoms with Gasteiger partial charge in [0.1, 0.15) is 5.76 Å². The van der Waals surface area contributed by atoms with Crippen LogP contribution in [0.3, 0.4) is 0 Å². The number of ether oxygens (including phenoxy) is 2. The largest absolute Gasteiger partial charge is 0.493 e. The summed E-state index contributed by atoms with van der Waals surface area (Å²) in [7, 11) is 3.21. The van der Waals surface area contributed by atoms with Crippen molar-refractivity contribution in [3.05, 3.63) is 81.7 Å². The molecule has 4 rings (SSSR count). The van der Waals surface area contributed by atoms with E-state index in [4.69, 9.17) is 13.9 Å². The number of hydrogen-bond donors (Lipinski definition) is 0. The Morgan fingerprint density at radius 2 is 1.83 bits per heavy atom. The maximum Gasteiger partial charge on any atom is 0.289 e. The molecule has 0 bridgehead atoms. The molecule has 1 aliphatic rings. The van der Waals surface area contributed by atoms with Crippen molar-refractivity contribution >= 4 is 5.91 Å². The molecule has 29 heavy (non-hydrogen) atoms. The van der Waals surface area contributed by atoms with E-state index in [1.165, 1.54) is 10.6 Å². The molecule has 0 aliphatic carbocycles. The van der Waals surface area contributed by atoms with Gasteiger partial charge in [-0.05, 0) is 47.9 Å². The van der Waals surface area contributed by atoms with Crippen molar-refractivity contribution in [3.8, 4) is 11.5 Å². The van der Waals surface area contributed by atoms with E-state index in [1.807, 2.05) is 12.1 Å². The highest BCUT2D eigenvalue weighted by molar-refractivity contribution is 5.91. The Labute approximate surface area is 168 Å². The summed E-state index contributed by atoms with van der Waals surface area (Å²) in [5.41, 5.74) is 2.06. The highest BCUT2D eigenvalue weighted by Crippen LogP contribution is 2.33. The number of fused-ring (bicyclic) bond motifs is 1. The van der Waals surface area contributed by atoms with E-state index in [9.17, 15) is 9.59 Å². The fourth-order valence-electron chi connectivity index (χ4n) is 3.55. The van der Waals surface area contributed by atoms with E-state index < -0.39 is 0 Å². The van der Waals surface area contributed by atoms with Gasteiger partial charge < -0.3 is 23.4 Å². The zero-order valence-corrected chi connectivity index (χ0v) is 16.4. The highest BCUT2D eigenvalue weighted by Gasteiger charge is 2.25. The van der Waals surface area contributed by atoms with E-state index in [-0.39, 0.29) is 23.8 Å². The van der Waals surface area contributed by atoms with Crippen LogP contribution >= 0.6 is 0 Å². The van der Waals surface area contributed by atoms with Crippen molar-refractivity contribution in [2.24, 2.45) is 0 Å². The summed E-state index contributed by atoms with van der Waals surface area (Å²) in [5.74, 6) is 2.00. The zero-order valence-electron chi connectivity index (χ0n) is 16.4. The summed E-state index contributed by atoms with van der Waals surface area (Å²) < 4.78 is 18.0. The van der Waals surface area contributed by atoms with Crippen molar-refractivity contribution in [2.45, 2.75) is 19.5 Å². The Morgan fingerprint density at radius 3 is 2.55 bits per heavy atom. The number of benzene rings is 1. The third kappa shape index (κ3) is 3.76. The number of methoxy groups -OCH3 is 2. The van der Waals surface area contributed by atoms with Crippen LogP contribution in [0.1, 0.15) is 27.4 Å². The average molecular weight is 394 g/mol. The van der Waals surface area contributed by atoms with Crippen molar-refractivity contribution in [1.29, 1.82) is 0 Å². The average Bonchev–Trinajstić information content (AvgIpc) is 3.22. The van der Waals surface area contributed by atoms with Crippen LogP contribution in [0.4, 0.5) is 0 Å². The molecule has 0 saturated carbocycles. The Bertz CT molecular complexity index is 1100. The second kappa shape index (κ2) is 7.87. The standard InChI is InChI=1S/C22H22N2O5/c1-27-19-11-15-8-10-24(13-16(15)12-20(19)28-2)22(26)18-7-6-17(29-18)14-23-9-4-3-5-21(23)25/h3-7,9,11-12H,8,10,13-14H2,1-2H3. The SMILES string of the molecule is COc1cc2c(cc1OC)CN(C(=O)c1ccc(Cn3ccccc3=O)o1)CC2. The molecule has 1 aliphatic heterocycles. The summed E-state index contributed by atoms with van der Waals surface area (Å²) in [6.45, 7) is 1.35. The van der Waals surface area contributed by atoms with Crippen molar-refractivity contribution in [2.75, 3.05) is 20.8 Å². The zero-order chi connectivity index (χ0) is 20.4. The number of carbonyl (C=O) groups excluding carboxylic acids is 1. The first-order chi connectivity index (χ1) is 14.1. The van der Waals surface area contributed by atoms with Crippen LogP contribution in [-0.4, -0.2) is 36.1 Å². The van der Waals surface area contributed by atoms with E-state index in [0.717, 1.165) is 17.5 Å². The van der Waals surface area contributed by atoms with Gasteiger partial charge in [-0.1, -0.05) is 6.07 Å². The lowest BCUT2D eigenvalue weighted by atomic mass is 9.98. The number of amides is 1. The fraction of sp³-hybridized carbons (Fsp3) is 0.273. The molecule has 7 nitrogen and oxygen atoms in total. The third-order valence-electron chi connectivity index (χ3n) is 5.10. The van der Waals surface area contributed by atoms with Gasteiger partial charge in [-0.2, -0.15) is 0 Å². The van der Waals surface area contributed by atoms with Gasteiger partial charge in [0.15, 0.2) is 17.3 Å². The number of nitrogens with zero attached hydrogens (tertiary/aromatic N) is 2. The molecule has 3 aromatic rings. The van der Waals surface area contributed by atoms with Gasteiger partial charge in [-0.25, -0.2) is 0 Å². The van der Waals surface area contributed by atoms with Crippen molar-refractivity contribution < 1.29 is 18.7 Å². The topological polar surface area (TPSA) is 73.9 Å².